The fraction of sp³-hybridized carbons (Fsp3) is 0.417. The predicted molar refractivity (Wildman–Crippen MR) is 53.3 cm³/mol. The normalized spacial score (nSPS) is 24.9. The van der Waals surface area contributed by atoms with E-state index in [2.05, 4.69) is 26.0 Å². The van der Waals surface area contributed by atoms with Crippen LogP contribution in [-0.2, 0) is 4.79 Å². The summed E-state index contributed by atoms with van der Waals surface area (Å²) in [4.78, 5) is 11.7. The molecule has 0 amide bonds. The number of allylic oxidation sites excluding steroid dienone is 6. The number of carbonyl (C=O) groups excluding carboxylic acids is 1. The van der Waals surface area contributed by atoms with Gasteiger partial charge in [-0.1, -0.05) is 38.2 Å². The van der Waals surface area contributed by atoms with E-state index in [9.17, 15) is 4.79 Å². The smallest absolute Gasteiger partial charge is 0.160 e. The van der Waals surface area contributed by atoms with E-state index in [1.165, 1.54) is 5.57 Å². The first-order chi connectivity index (χ1) is 6.11. The first kappa shape index (κ1) is 8.49. The van der Waals surface area contributed by atoms with Crippen molar-refractivity contribution in [1.82, 2.24) is 0 Å². The van der Waals surface area contributed by atoms with Crippen molar-refractivity contribution in [2.24, 2.45) is 5.41 Å². The first-order valence-corrected chi connectivity index (χ1v) is 4.71. The molecule has 1 heteroatoms. The van der Waals surface area contributed by atoms with Gasteiger partial charge < -0.3 is 0 Å². The van der Waals surface area contributed by atoms with E-state index in [1.807, 2.05) is 12.2 Å². The van der Waals surface area contributed by atoms with E-state index >= 15 is 0 Å². The molecule has 0 aromatic rings. The number of hydrogen-bond acceptors (Lipinski definition) is 1. The van der Waals surface area contributed by atoms with Crippen molar-refractivity contribution in [3.8, 4) is 0 Å². The minimum Gasteiger partial charge on any atom is -0.294 e. The molecule has 0 aliphatic heterocycles. The Labute approximate surface area is 78.8 Å². The average molecular weight is 174 g/mol. The van der Waals surface area contributed by atoms with Gasteiger partial charge in [0.25, 0.3) is 0 Å². The quantitative estimate of drug-likeness (QED) is 0.552. The monoisotopic (exact) mass is 174 g/mol. The molecule has 0 saturated carbocycles. The molecule has 68 valence electrons. The third kappa shape index (κ3) is 1.28. The van der Waals surface area contributed by atoms with Crippen LogP contribution in [0.2, 0.25) is 0 Å². The number of Topliss-reactive ketones (excluding diaryl/α,β-unsaturated/α-hetero) is 1. The van der Waals surface area contributed by atoms with Crippen LogP contribution >= 0.6 is 0 Å². The lowest BCUT2D eigenvalue weighted by molar-refractivity contribution is -0.115. The maximum Gasteiger partial charge on any atom is 0.160 e. The topological polar surface area (TPSA) is 17.1 Å². The van der Waals surface area contributed by atoms with Gasteiger partial charge in [0.05, 0.1) is 0 Å². The Bertz CT molecular complexity index is 340. The second kappa shape index (κ2) is 2.69. The van der Waals surface area contributed by atoms with Gasteiger partial charge in [-0.3, -0.25) is 4.79 Å². The summed E-state index contributed by atoms with van der Waals surface area (Å²) >= 11 is 0. The van der Waals surface area contributed by atoms with Crippen LogP contribution in [0.5, 0.6) is 0 Å². The van der Waals surface area contributed by atoms with Crippen LogP contribution in [0.3, 0.4) is 0 Å². The molecule has 0 saturated heterocycles. The van der Waals surface area contributed by atoms with Crippen LogP contribution in [0.1, 0.15) is 26.7 Å². The van der Waals surface area contributed by atoms with Crippen LogP contribution in [0.15, 0.2) is 35.5 Å². The van der Waals surface area contributed by atoms with Crippen LogP contribution < -0.4 is 0 Å². The molecular formula is C12H14O. The zero-order valence-electron chi connectivity index (χ0n) is 8.13. The molecule has 0 unspecified atom stereocenters. The van der Waals surface area contributed by atoms with Gasteiger partial charge in [0.15, 0.2) is 5.78 Å². The van der Waals surface area contributed by atoms with E-state index in [1.54, 1.807) is 0 Å². The number of hydrogen-bond donors (Lipinski definition) is 0. The minimum atomic E-state index is 0.0505. The Hall–Kier alpha value is -1.11. The summed E-state index contributed by atoms with van der Waals surface area (Å²) in [6.07, 6.45) is 9.67. The average Bonchev–Trinajstić information content (AvgIpc) is 2.28. The number of carbonyl (C=O) groups is 1. The molecule has 0 fully saturated rings. The molecule has 13 heavy (non-hydrogen) atoms. The van der Waals surface area contributed by atoms with E-state index in [0.29, 0.717) is 12.2 Å². The van der Waals surface area contributed by atoms with Gasteiger partial charge in [-0.15, -0.1) is 0 Å². The summed E-state index contributed by atoms with van der Waals surface area (Å²) in [5.74, 6) is 0.330. The minimum absolute atomic E-state index is 0.0505. The standard InChI is InChI=1S/C12H14O/c1-12(2)8-11(13)9-6-4-3-5-7-10(9)12/h3-5,7H,6,8H2,1-2H3. The molecule has 0 heterocycles. The van der Waals surface area contributed by atoms with E-state index in [-0.39, 0.29) is 5.41 Å². The summed E-state index contributed by atoms with van der Waals surface area (Å²) < 4.78 is 0. The predicted octanol–water partition coefficient (Wildman–Crippen LogP) is 2.80. The molecule has 0 radical (unpaired) electrons. The van der Waals surface area contributed by atoms with E-state index in [4.69, 9.17) is 0 Å². The zero-order chi connectivity index (χ0) is 9.47. The molecular weight excluding hydrogens is 160 g/mol. The van der Waals surface area contributed by atoms with Crippen molar-refractivity contribution in [2.45, 2.75) is 26.7 Å². The van der Waals surface area contributed by atoms with Gasteiger partial charge >= 0.3 is 0 Å². The Kier molecular flexibility index (Phi) is 1.76. The Balaban J connectivity index is 2.50. The Morgan fingerprint density at radius 3 is 2.85 bits per heavy atom. The van der Waals surface area contributed by atoms with Gasteiger partial charge in [0.1, 0.15) is 0 Å². The van der Waals surface area contributed by atoms with Crippen LogP contribution in [0.25, 0.3) is 0 Å². The Morgan fingerprint density at radius 1 is 1.31 bits per heavy atom. The lowest BCUT2D eigenvalue weighted by Crippen LogP contribution is -2.09. The highest BCUT2D eigenvalue weighted by Crippen LogP contribution is 2.42. The highest BCUT2D eigenvalue weighted by Gasteiger charge is 2.36. The Morgan fingerprint density at radius 2 is 2.08 bits per heavy atom. The SMILES string of the molecule is CC1(C)CC(=O)C2=C1C=CC=CC2. The van der Waals surface area contributed by atoms with Crippen molar-refractivity contribution in [3.63, 3.8) is 0 Å². The zero-order valence-corrected chi connectivity index (χ0v) is 8.13. The summed E-state index contributed by atoms with van der Waals surface area (Å²) in [6.45, 7) is 4.28. The lowest BCUT2D eigenvalue weighted by atomic mass is 9.85. The van der Waals surface area contributed by atoms with Gasteiger partial charge in [-0.05, 0) is 17.4 Å². The molecule has 2 rings (SSSR count). The van der Waals surface area contributed by atoms with E-state index in [0.717, 1.165) is 12.0 Å². The van der Waals surface area contributed by atoms with Crippen LogP contribution in [-0.4, -0.2) is 5.78 Å². The van der Waals surface area contributed by atoms with Crippen LogP contribution in [0.4, 0.5) is 0 Å². The van der Waals surface area contributed by atoms with E-state index < -0.39 is 0 Å². The van der Waals surface area contributed by atoms with Crippen LogP contribution in [0, 0.1) is 5.41 Å². The second-order valence-electron chi connectivity index (χ2n) is 4.37. The van der Waals surface area contributed by atoms with Gasteiger partial charge in [-0.2, -0.15) is 0 Å². The fourth-order valence-electron chi connectivity index (χ4n) is 2.13. The summed E-state index contributed by atoms with van der Waals surface area (Å²) in [5.41, 5.74) is 2.31. The fourth-order valence-corrected chi connectivity index (χ4v) is 2.13. The third-order valence-corrected chi connectivity index (χ3v) is 2.83. The molecule has 2 aliphatic rings. The third-order valence-electron chi connectivity index (χ3n) is 2.83. The molecule has 0 aromatic carbocycles. The van der Waals surface area contributed by atoms with Crippen molar-refractivity contribution in [2.75, 3.05) is 0 Å². The van der Waals surface area contributed by atoms with Gasteiger partial charge in [-0.25, -0.2) is 0 Å². The maximum absolute atomic E-state index is 11.7. The lowest BCUT2D eigenvalue weighted by Gasteiger charge is -2.18. The molecule has 2 aliphatic carbocycles. The highest BCUT2D eigenvalue weighted by molar-refractivity contribution is 6.00. The second-order valence-corrected chi connectivity index (χ2v) is 4.37. The van der Waals surface area contributed by atoms with Crippen molar-refractivity contribution < 1.29 is 4.79 Å². The number of ketones is 1. The first-order valence-electron chi connectivity index (χ1n) is 4.71. The van der Waals surface area contributed by atoms with Crippen molar-refractivity contribution in [3.05, 3.63) is 35.5 Å². The number of rotatable bonds is 0. The van der Waals surface area contributed by atoms with Gasteiger partial charge in [0.2, 0.25) is 0 Å². The molecule has 0 aromatic heterocycles. The molecule has 1 nitrogen and oxygen atoms in total. The molecule has 0 bridgehead atoms. The molecule has 0 spiro atoms. The largest absolute Gasteiger partial charge is 0.294 e. The maximum atomic E-state index is 11.7. The summed E-state index contributed by atoms with van der Waals surface area (Å²) in [7, 11) is 0. The summed E-state index contributed by atoms with van der Waals surface area (Å²) in [5, 5.41) is 0. The van der Waals surface area contributed by atoms with Crippen molar-refractivity contribution in [1.29, 1.82) is 0 Å². The van der Waals surface area contributed by atoms with Crippen molar-refractivity contribution >= 4 is 5.78 Å². The highest BCUT2D eigenvalue weighted by atomic mass is 16.1. The molecule has 0 N–H and O–H groups in total. The molecule has 0 atom stereocenters. The van der Waals surface area contributed by atoms with Gasteiger partial charge in [0, 0.05) is 12.0 Å². The summed E-state index contributed by atoms with van der Waals surface area (Å²) in [6, 6.07) is 0.